The summed E-state index contributed by atoms with van der Waals surface area (Å²) < 4.78 is 45.6. The first-order chi connectivity index (χ1) is 10.7. The molecule has 0 radical (unpaired) electrons. The Balaban J connectivity index is 2.30. The number of halogens is 4. The highest BCUT2D eigenvalue weighted by atomic mass is 35.5. The van der Waals surface area contributed by atoms with Gasteiger partial charge in [-0.2, -0.15) is 13.2 Å². The van der Waals surface area contributed by atoms with Crippen LogP contribution in [0, 0.1) is 17.8 Å². The molecule has 1 heterocycles. The Kier molecular flexibility index (Phi) is 3.30. The third-order valence-corrected chi connectivity index (χ3v) is 3.80. The first-order valence-electron chi connectivity index (χ1n) is 6.50. The summed E-state index contributed by atoms with van der Waals surface area (Å²) in [5.74, 6) is 2.40. The molecule has 122 valence electrons. The summed E-state index contributed by atoms with van der Waals surface area (Å²) in [5.41, 5.74) is -4.58. The summed E-state index contributed by atoms with van der Waals surface area (Å²) in [6.45, 7) is 0. The lowest BCUT2D eigenvalue weighted by Gasteiger charge is -2.36. The predicted molar refractivity (Wildman–Crippen MR) is 73.1 cm³/mol. The van der Waals surface area contributed by atoms with Crippen molar-refractivity contribution in [1.82, 2.24) is 0 Å². The summed E-state index contributed by atoms with van der Waals surface area (Å²) >= 11 is 5.65. The molecule has 1 aromatic carbocycles. The maximum Gasteiger partial charge on any atom is 0.445 e. The van der Waals surface area contributed by atoms with Crippen molar-refractivity contribution in [3.63, 3.8) is 0 Å². The van der Waals surface area contributed by atoms with Gasteiger partial charge in [0.05, 0.1) is 10.7 Å². The van der Waals surface area contributed by atoms with E-state index in [9.17, 15) is 28.2 Å². The Morgan fingerprint density at radius 3 is 2.57 bits per heavy atom. The van der Waals surface area contributed by atoms with Crippen LogP contribution in [0.4, 0.5) is 23.7 Å². The van der Waals surface area contributed by atoms with E-state index in [1.165, 1.54) is 0 Å². The summed E-state index contributed by atoms with van der Waals surface area (Å²) in [7, 11) is 0. The van der Waals surface area contributed by atoms with Gasteiger partial charge in [0.2, 0.25) is 0 Å². The number of carbonyl (C=O) groups is 1. The smallest absolute Gasteiger partial charge is 0.445 e. The van der Waals surface area contributed by atoms with E-state index < -0.39 is 45.6 Å². The van der Waals surface area contributed by atoms with Crippen molar-refractivity contribution in [1.29, 1.82) is 0 Å². The minimum Gasteiger partial charge on any atom is -0.503 e. The number of amides is 1. The van der Waals surface area contributed by atoms with Crippen LogP contribution in [0.5, 0.6) is 11.5 Å². The van der Waals surface area contributed by atoms with E-state index in [-0.39, 0.29) is 5.92 Å². The average molecular weight is 348 g/mol. The number of fused-ring (bicyclic) bond motifs is 1. The number of carbonyl (C=O) groups excluding carboxylic acids is 1. The van der Waals surface area contributed by atoms with Crippen LogP contribution in [0.2, 0.25) is 5.02 Å². The number of rotatable bonds is 0. The Morgan fingerprint density at radius 1 is 1.35 bits per heavy atom. The summed E-state index contributed by atoms with van der Waals surface area (Å²) in [4.78, 5) is 11.6. The van der Waals surface area contributed by atoms with Gasteiger partial charge in [0.1, 0.15) is 0 Å². The van der Waals surface area contributed by atoms with Crippen molar-refractivity contribution < 1.29 is 32.9 Å². The summed E-state index contributed by atoms with van der Waals surface area (Å²) in [6, 6.07) is 0.764. The number of benzene rings is 1. The SMILES string of the molecule is O=C1Nc2c(cc(Cl)c(O)c2O)[C@@](C#CC2CC2)(C(F)(F)F)O1. The normalized spacial score (nSPS) is 23.2. The summed E-state index contributed by atoms with van der Waals surface area (Å²) in [5, 5.41) is 20.8. The van der Waals surface area contributed by atoms with Gasteiger partial charge in [0.25, 0.3) is 5.60 Å². The standard InChI is InChI=1S/C14H9ClF3NO4/c15-8-5-7-9(11(21)10(8)20)19-12(22)23-13(7,14(16,17)18)4-3-6-1-2-6/h5-6,20-21H,1-2H2,(H,19,22)/t13-/m0/s1. The van der Waals surface area contributed by atoms with Gasteiger partial charge < -0.3 is 14.9 Å². The fourth-order valence-corrected chi connectivity index (χ4v) is 2.36. The molecular weight excluding hydrogens is 339 g/mol. The molecule has 1 aliphatic carbocycles. The molecule has 0 bridgehead atoms. The molecule has 1 saturated carbocycles. The number of hydrogen-bond donors (Lipinski definition) is 3. The highest BCUT2D eigenvalue weighted by molar-refractivity contribution is 6.32. The van der Waals surface area contributed by atoms with Crippen LogP contribution in [-0.4, -0.2) is 22.5 Å². The van der Waals surface area contributed by atoms with Crippen molar-refractivity contribution >= 4 is 23.4 Å². The maximum atomic E-state index is 13.7. The number of hydrogen-bond acceptors (Lipinski definition) is 4. The second-order valence-electron chi connectivity index (χ2n) is 5.22. The van der Waals surface area contributed by atoms with Crippen LogP contribution in [0.1, 0.15) is 18.4 Å². The van der Waals surface area contributed by atoms with Gasteiger partial charge in [0.15, 0.2) is 11.5 Å². The molecule has 1 fully saturated rings. The van der Waals surface area contributed by atoms with Crippen LogP contribution in [0.3, 0.4) is 0 Å². The Labute approximate surface area is 133 Å². The molecule has 1 aliphatic heterocycles. The first-order valence-corrected chi connectivity index (χ1v) is 6.88. The fourth-order valence-electron chi connectivity index (χ4n) is 2.16. The molecule has 5 nitrogen and oxygen atoms in total. The predicted octanol–water partition coefficient (Wildman–Crippen LogP) is 3.48. The van der Waals surface area contributed by atoms with E-state index in [0.29, 0.717) is 12.8 Å². The van der Waals surface area contributed by atoms with E-state index in [0.717, 1.165) is 6.07 Å². The zero-order valence-electron chi connectivity index (χ0n) is 11.3. The molecular formula is C14H9ClF3NO4. The third-order valence-electron chi connectivity index (χ3n) is 3.51. The molecule has 0 aromatic heterocycles. The Bertz CT molecular complexity index is 764. The number of nitrogens with one attached hydrogen (secondary N) is 1. The highest BCUT2D eigenvalue weighted by Crippen LogP contribution is 2.53. The van der Waals surface area contributed by atoms with Crippen molar-refractivity contribution in [3.8, 4) is 23.3 Å². The van der Waals surface area contributed by atoms with E-state index in [1.807, 2.05) is 11.2 Å². The number of ether oxygens (including phenoxy) is 1. The second kappa shape index (κ2) is 4.86. The van der Waals surface area contributed by atoms with E-state index in [4.69, 9.17) is 11.6 Å². The second-order valence-corrected chi connectivity index (χ2v) is 5.62. The molecule has 1 aromatic rings. The van der Waals surface area contributed by atoms with Gasteiger partial charge in [-0.25, -0.2) is 4.79 Å². The number of cyclic esters (lactones) is 1. The van der Waals surface area contributed by atoms with Crippen LogP contribution >= 0.6 is 11.6 Å². The largest absolute Gasteiger partial charge is 0.503 e. The fraction of sp³-hybridized carbons (Fsp3) is 0.357. The highest BCUT2D eigenvalue weighted by Gasteiger charge is 2.62. The van der Waals surface area contributed by atoms with Crippen molar-refractivity contribution in [3.05, 3.63) is 16.7 Å². The van der Waals surface area contributed by atoms with E-state index in [1.54, 1.807) is 0 Å². The molecule has 1 atom stereocenters. The maximum absolute atomic E-state index is 13.7. The number of anilines is 1. The average Bonchev–Trinajstić information content (AvgIpc) is 3.26. The van der Waals surface area contributed by atoms with Gasteiger partial charge >= 0.3 is 12.3 Å². The number of alkyl halides is 3. The molecule has 1 amide bonds. The van der Waals surface area contributed by atoms with Gasteiger partial charge in [-0.05, 0) is 24.8 Å². The van der Waals surface area contributed by atoms with Crippen molar-refractivity contribution in [2.75, 3.05) is 5.32 Å². The van der Waals surface area contributed by atoms with Gasteiger partial charge in [-0.3, -0.25) is 5.32 Å². The lowest BCUT2D eigenvalue weighted by atomic mass is 9.89. The van der Waals surface area contributed by atoms with Crippen molar-refractivity contribution in [2.24, 2.45) is 5.92 Å². The van der Waals surface area contributed by atoms with Crippen LogP contribution < -0.4 is 5.32 Å². The molecule has 2 aliphatic rings. The first kappa shape index (κ1) is 15.6. The van der Waals surface area contributed by atoms with E-state index >= 15 is 0 Å². The number of aromatic hydroxyl groups is 2. The van der Waals surface area contributed by atoms with Crippen LogP contribution in [0.15, 0.2) is 6.07 Å². The van der Waals surface area contributed by atoms with Gasteiger partial charge in [-0.1, -0.05) is 17.5 Å². The molecule has 23 heavy (non-hydrogen) atoms. The Hall–Kier alpha value is -2.27. The molecule has 3 N–H and O–H groups in total. The number of phenolic OH excluding ortho intramolecular Hbond substituents is 2. The zero-order chi connectivity index (χ0) is 17.0. The van der Waals surface area contributed by atoms with Crippen LogP contribution in [0.25, 0.3) is 0 Å². The molecule has 0 unspecified atom stereocenters. The topological polar surface area (TPSA) is 78.8 Å². The zero-order valence-corrected chi connectivity index (χ0v) is 12.0. The quantitative estimate of drug-likeness (QED) is 0.496. The lowest BCUT2D eigenvalue weighted by molar-refractivity contribution is -0.239. The van der Waals surface area contributed by atoms with E-state index in [2.05, 4.69) is 10.7 Å². The molecule has 3 rings (SSSR count). The molecule has 0 spiro atoms. The lowest BCUT2D eigenvalue weighted by Crippen LogP contribution is -2.49. The Morgan fingerprint density at radius 2 is 2.00 bits per heavy atom. The monoisotopic (exact) mass is 347 g/mol. The molecule has 9 heteroatoms. The molecule has 0 saturated heterocycles. The number of phenols is 2. The van der Waals surface area contributed by atoms with Gasteiger partial charge in [-0.15, -0.1) is 0 Å². The van der Waals surface area contributed by atoms with Crippen LogP contribution in [-0.2, 0) is 10.3 Å². The minimum absolute atomic E-state index is 0.188. The van der Waals surface area contributed by atoms with Gasteiger partial charge in [0, 0.05) is 11.5 Å². The van der Waals surface area contributed by atoms with Crippen molar-refractivity contribution in [2.45, 2.75) is 24.6 Å². The minimum atomic E-state index is -5.08. The summed E-state index contributed by atoms with van der Waals surface area (Å²) in [6.07, 6.45) is -5.19. The third kappa shape index (κ3) is 2.41.